The average Bonchev–Trinajstić information content (AvgIpc) is 2.95. The van der Waals surface area contributed by atoms with Gasteiger partial charge in [-0.1, -0.05) is 11.6 Å². The Morgan fingerprint density at radius 2 is 2.21 bits per heavy atom. The van der Waals surface area contributed by atoms with Gasteiger partial charge < -0.3 is 9.64 Å². The van der Waals surface area contributed by atoms with E-state index in [1.807, 2.05) is 31.0 Å². The fraction of sp³-hybridized carbons (Fsp3) is 0.333. The Morgan fingerprint density at radius 1 is 1.47 bits per heavy atom. The van der Waals surface area contributed by atoms with Gasteiger partial charge in [0.05, 0.1) is 18.0 Å². The first-order valence-corrected chi connectivity index (χ1v) is 7.53. The number of aryl methyl sites for hydroxylation is 1. The topological polar surface area (TPSA) is 42.4 Å². The lowest BCUT2D eigenvalue weighted by Crippen LogP contribution is -2.15. The summed E-state index contributed by atoms with van der Waals surface area (Å²) in [5, 5.41) is 0.794. The molecule has 0 aliphatic carbocycles. The van der Waals surface area contributed by atoms with Crippen molar-refractivity contribution < 1.29 is 9.53 Å². The van der Waals surface area contributed by atoms with Gasteiger partial charge in [-0.15, -0.1) is 22.7 Å². The third-order valence-corrected chi connectivity index (χ3v) is 4.81. The van der Waals surface area contributed by atoms with Gasteiger partial charge in [-0.25, -0.2) is 9.78 Å². The van der Waals surface area contributed by atoms with Crippen molar-refractivity contribution in [1.82, 2.24) is 4.98 Å². The van der Waals surface area contributed by atoms with Crippen LogP contribution in [0, 0.1) is 6.92 Å². The summed E-state index contributed by atoms with van der Waals surface area (Å²) in [6.07, 6.45) is 0. The Hall–Kier alpha value is -1.11. The predicted molar refractivity (Wildman–Crippen MR) is 79.6 cm³/mol. The van der Waals surface area contributed by atoms with Crippen LogP contribution in [0.4, 0.5) is 5.13 Å². The number of carbonyl (C=O) groups is 1. The van der Waals surface area contributed by atoms with Gasteiger partial charge in [-0.05, 0) is 19.1 Å². The number of rotatable bonds is 4. The number of ether oxygens (including phenoxy) is 1. The summed E-state index contributed by atoms with van der Waals surface area (Å²) >= 11 is 8.92. The number of carbonyl (C=O) groups excluding carboxylic acids is 1. The molecule has 0 saturated carbocycles. The number of thiophene rings is 1. The standard InChI is InChI=1S/C12H13ClN2O2S2/c1-7-10(11(16)17-3)14-12(18-7)15(2)6-8-4-5-9(13)19-8/h4-5H,6H2,1-3H3. The molecule has 102 valence electrons. The molecule has 2 aromatic rings. The molecular weight excluding hydrogens is 304 g/mol. The van der Waals surface area contributed by atoms with E-state index < -0.39 is 5.97 Å². The fourth-order valence-corrected chi connectivity index (χ4v) is 3.57. The van der Waals surface area contributed by atoms with Crippen LogP contribution in [-0.2, 0) is 11.3 Å². The second-order valence-corrected chi connectivity index (χ2v) is 6.94. The van der Waals surface area contributed by atoms with E-state index in [0.29, 0.717) is 12.2 Å². The van der Waals surface area contributed by atoms with Gasteiger partial charge in [0.1, 0.15) is 0 Å². The van der Waals surface area contributed by atoms with E-state index in [2.05, 4.69) is 4.98 Å². The lowest BCUT2D eigenvalue weighted by molar-refractivity contribution is 0.0594. The second-order valence-electron chi connectivity index (χ2n) is 3.95. The molecule has 2 aromatic heterocycles. The highest BCUT2D eigenvalue weighted by Gasteiger charge is 2.18. The molecule has 0 unspecified atom stereocenters. The Morgan fingerprint density at radius 3 is 2.79 bits per heavy atom. The van der Waals surface area contributed by atoms with Crippen LogP contribution in [0.3, 0.4) is 0 Å². The summed E-state index contributed by atoms with van der Waals surface area (Å²) in [6, 6.07) is 3.87. The summed E-state index contributed by atoms with van der Waals surface area (Å²) < 4.78 is 5.48. The maximum absolute atomic E-state index is 11.5. The highest BCUT2D eigenvalue weighted by Crippen LogP contribution is 2.28. The van der Waals surface area contributed by atoms with E-state index in [1.54, 1.807) is 11.3 Å². The van der Waals surface area contributed by atoms with Crippen LogP contribution in [0.25, 0.3) is 0 Å². The van der Waals surface area contributed by atoms with E-state index in [-0.39, 0.29) is 0 Å². The van der Waals surface area contributed by atoms with Crippen molar-refractivity contribution in [2.45, 2.75) is 13.5 Å². The SMILES string of the molecule is COC(=O)c1nc(N(C)Cc2ccc(Cl)s2)sc1C. The zero-order valence-corrected chi connectivity index (χ0v) is 13.2. The molecule has 0 atom stereocenters. The van der Waals surface area contributed by atoms with E-state index in [9.17, 15) is 4.79 Å². The molecule has 0 saturated heterocycles. The van der Waals surface area contributed by atoms with E-state index in [4.69, 9.17) is 16.3 Å². The molecule has 0 amide bonds. The number of halogens is 1. The number of methoxy groups -OCH3 is 1. The Labute approximate surface area is 124 Å². The van der Waals surface area contributed by atoms with Gasteiger partial charge in [0.2, 0.25) is 0 Å². The molecule has 19 heavy (non-hydrogen) atoms. The van der Waals surface area contributed by atoms with Crippen molar-refractivity contribution in [3.63, 3.8) is 0 Å². The van der Waals surface area contributed by atoms with Gasteiger partial charge in [0.25, 0.3) is 0 Å². The molecule has 4 nitrogen and oxygen atoms in total. The molecule has 0 aliphatic rings. The normalized spacial score (nSPS) is 10.5. The van der Waals surface area contributed by atoms with E-state index >= 15 is 0 Å². The molecular formula is C12H13ClN2O2S2. The van der Waals surface area contributed by atoms with Gasteiger partial charge in [-0.2, -0.15) is 0 Å². The number of hydrogen-bond donors (Lipinski definition) is 0. The van der Waals surface area contributed by atoms with Crippen molar-refractivity contribution in [1.29, 1.82) is 0 Å². The monoisotopic (exact) mass is 316 g/mol. The summed E-state index contributed by atoms with van der Waals surface area (Å²) in [7, 11) is 3.30. The fourth-order valence-electron chi connectivity index (χ4n) is 1.57. The smallest absolute Gasteiger partial charge is 0.357 e. The second kappa shape index (κ2) is 5.90. The molecule has 0 N–H and O–H groups in total. The highest BCUT2D eigenvalue weighted by atomic mass is 35.5. The maximum Gasteiger partial charge on any atom is 0.357 e. The minimum Gasteiger partial charge on any atom is -0.464 e. The summed E-state index contributed by atoms with van der Waals surface area (Å²) in [6.45, 7) is 2.58. The van der Waals surface area contributed by atoms with Crippen molar-refractivity contribution in [2.24, 2.45) is 0 Å². The molecule has 0 fully saturated rings. The summed E-state index contributed by atoms with van der Waals surface area (Å²) in [5.41, 5.74) is 0.388. The molecule has 2 rings (SSSR count). The van der Waals surface area contributed by atoms with Gasteiger partial charge in [0.15, 0.2) is 10.8 Å². The van der Waals surface area contributed by atoms with Crippen LogP contribution in [0.15, 0.2) is 12.1 Å². The zero-order chi connectivity index (χ0) is 14.0. The zero-order valence-electron chi connectivity index (χ0n) is 10.8. The minimum absolute atomic E-state index is 0.388. The first kappa shape index (κ1) is 14.3. The van der Waals surface area contributed by atoms with Crippen LogP contribution in [0.5, 0.6) is 0 Å². The summed E-state index contributed by atoms with van der Waals surface area (Å²) in [4.78, 5) is 19.8. The number of hydrogen-bond acceptors (Lipinski definition) is 6. The Balaban J connectivity index is 2.15. The van der Waals surface area contributed by atoms with Crippen molar-refractivity contribution in [2.75, 3.05) is 19.1 Å². The number of nitrogens with zero attached hydrogens (tertiary/aromatic N) is 2. The molecule has 7 heteroatoms. The van der Waals surface area contributed by atoms with Crippen LogP contribution >= 0.6 is 34.3 Å². The van der Waals surface area contributed by atoms with Gasteiger partial charge >= 0.3 is 5.97 Å². The Bertz CT molecular complexity index is 594. The number of esters is 1. The predicted octanol–water partition coefficient (Wildman–Crippen LogP) is 3.59. The Kier molecular flexibility index (Phi) is 4.44. The third kappa shape index (κ3) is 3.26. The molecule has 0 bridgehead atoms. The minimum atomic E-state index is -0.396. The quantitative estimate of drug-likeness (QED) is 0.808. The highest BCUT2D eigenvalue weighted by molar-refractivity contribution is 7.16. The molecule has 2 heterocycles. The van der Waals surface area contributed by atoms with Crippen LogP contribution in [0.1, 0.15) is 20.2 Å². The van der Waals surface area contributed by atoms with Gasteiger partial charge in [0, 0.05) is 16.8 Å². The lowest BCUT2D eigenvalue weighted by Gasteiger charge is -2.13. The molecule has 0 spiro atoms. The maximum atomic E-state index is 11.5. The van der Waals surface area contributed by atoms with Crippen LogP contribution < -0.4 is 4.90 Å². The van der Waals surface area contributed by atoms with Crippen molar-refractivity contribution in [3.05, 3.63) is 31.9 Å². The average molecular weight is 317 g/mol. The molecule has 0 aliphatic heterocycles. The van der Waals surface area contributed by atoms with Crippen molar-refractivity contribution >= 4 is 45.4 Å². The number of thiazole rings is 1. The number of aromatic nitrogens is 1. The van der Waals surface area contributed by atoms with E-state index in [0.717, 1.165) is 19.2 Å². The molecule has 0 radical (unpaired) electrons. The first-order chi connectivity index (χ1) is 9.01. The van der Waals surface area contributed by atoms with Gasteiger partial charge in [-0.3, -0.25) is 0 Å². The third-order valence-electron chi connectivity index (χ3n) is 2.51. The van der Waals surface area contributed by atoms with Crippen LogP contribution in [0.2, 0.25) is 4.34 Å². The lowest BCUT2D eigenvalue weighted by atomic mass is 10.4. The summed E-state index contributed by atoms with van der Waals surface area (Å²) in [5.74, 6) is -0.396. The molecule has 0 aromatic carbocycles. The van der Waals surface area contributed by atoms with Crippen LogP contribution in [-0.4, -0.2) is 25.1 Å². The first-order valence-electron chi connectivity index (χ1n) is 5.52. The van der Waals surface area contributed by atoms with E-state index in [1.165, 1.54) is 18.4 Å². The van der Waals surface area contributed by atoms with Crippen molar-refractivity contribution in [3.8, 4) is 0 Å². The number of anilines is 1. The largest absolute Gasteiger partial charge is 0.464 e.